The van der Waals surface area contributed by atoms with Gasteiger partial charge in [0.1, 0.15) is 0 Å². The Morgan fingerprint density at radius 1 is 1.50 bits per heavy atom. The molecule has 0 aromatic heterocycles. The second kappa shape index (κ2) is 8.03. The van der Waals surface area contributed by atoms with Gasteiger partial charge < -0.3 is 20.7 Å². The van der Waals surface area contributed by atoms with E-state index < -0.39 is 0 Å². The number of ether oxygens (including phenoxy) is 1. The number of carbonyl (C=O) groups is 1. The van der Waals surface area contributed by atoms with E-state index in [0.717, 1.165) is 43.9 Å². The number of rotatable bonds is 6. The molecule has 1 atom stereocenters. The van der Waals surface area contributed by atoms with Crippen molar-refractivity contribution < 1.29 is 9.53 Å². The highest BCUT2D eigenvalue weighted by Gasteiger charge is 2.22. The quantitative estimate of drug-likeness (QED) is 0.790. The fourth-order valence-electron chi connectivity index (χ4n) is 3.10. The zero-order valence-corrected chi connectivity index (χ0v) is 13.6. The molecule has 0 radical (unpaired) electrons. The first-order chi connectivity index (χ1) is 10.7. The Balaban J connectivity index is 2.23. The lowest BCUT2D eigenvalue weighted by Crippen LogP contribution is -2.36. The molecule has 3 N–H and O–H groups in total. The zero-order chi connectivity index (χ0) is 15.9. The van der Waals surface area contributed by atoms with Crippen molar-refractivity contribution >= 4 is 17.3 Å². The summed E-state index contributed by atoms with van der Waals surface area (Å²) in [6.45, 7) is 4.97. The van der Waals surface area contributed by atoms with Crippen molar-refractivity contribution in [3.05, 3.63) is 23.8 Å². The van der Waals surface area contributed by atoms with E-state index >= 15 is 0 Å². The number of esters is 1. The minimum absolute atomic E-state index is 0.262. The maximum atomic E-state index is 12.0. The van der Waals surface area contributed by atoms with Crippen molar-refractivity contribution in [1.82, 2.24) is 0 Å². The first-order valence-corrected chi connectivity index (χ1v) is 8.13. The molecule has 1 unspecified atom stereocenters. The summed E-state index contributed by atoms with van der Waals surface area (Å²) in [5, 5.41) is 3.22. The molecule has 0 saturated carbocycles. The van der Waals surface area contributed by atoms with Gasteiger partial charge in [0.25, 0.3) is 0 Å². The topological polar surface area (TPSA) is 67.6 Å². The number of benzene rings is 1. The normalized spacial score (nSPS) is 18.1. The van der Waals surface area contributed by atoms with E-state index in [0.29, 0.717) is 18.1 Å². The van der Waals surface area contributed by atoms with Crippen LogP contribution in [0.1, 0.15) is 36.5 Å². The summed E-state index contributed by atoms with van der Waals surface area (Å²) >= 11 is 0. The Morgan fingerprint density at radius 3 is 3.00 bits per heavy atom. The maximum Gasteiger partial charge on any atom is 0.338 e. The monoisotopic (exact) mass is 305 g/mol. The average molecular weight is 305 g/mol. The highest BCUT2D eigenvalue weighted by Crippen LogP contribution is 2.31. The molecule has 0 amide bonds. The molecular formula is C17H27N3O2. The predicted molar refractivity (Wildman–Crippen MR) is 90.6 cm³/mol. The van der Waals surface area contributed by atoms with E-state index in [2.05, 4.69) is 10.2 Å². The minimum atomic E-state index is -0.262. The lowest BCUT2D eigenvalue weighted by atomic mass is 9.94. The summed E-state index contributed by atoms with van der Waals surface area (Å²) in [6, 6.07) is 5.71. The summed E-state index contributed by atoms with van der Waals surface area (Å²) in [6.07, 6.45) is 3.46. The van der Waals surface area contributed by atoms with Gasteiger partial charge in [0, 0.05) is 20.1 Å². The van der Waals surface area contributed by atoms with E-state index in [1.54, 1.807) is 0 Å². The fourth-order valence-corrected chi connectivity index (χ4v) is 3.10. The van der Waals surface area contributed by atoms with E-state index in [9.17, 15) is 4.79 Å². The third kappa shape index (κ3) is 3.91. The van der Waals surface area contributed by atoms with Crippen molar-refractivity contribution in [2.45, 2.75) is 26.2 Å². The molecule has 1 fully saturated rings. The Bertz CT molecular complexity index is 503. The lowest BCUT2D eigenvalue weighted by Gasteiger charge is -2.35. The van der Waals surface area contributed by atoms with Gasteiger partial charge in [-0.05, 0) is 56.8 Å². The minimum Gasteiger partial charge on any atom is -0.462 e. The Labute approximate surface area is 132 Å². The molecule has 0 spiro atoms. The third-order valence-electron chi connectivity index (χ3n) is 4.21. The smallest absolute Gasteiger partial charge is 0.338 e. The van der Waals surface area contributed by atoms with Crippen LogP contribution >= 0.6 is 0 Å². The number of piperidine rings is 1. The number of anilines is 2. The van der Waals surface area contributed by atoms with Crippen molar-refractivity contribution in [2.24, 2.45) is 11.7 Å². The van der Waals surface area contributed by atoms with E-state index in [1.165, 1.54) is 6.42 Å². The Kier molecular flexibility index (Phi) is 6.07. The van der Waals surface area contributed by atoms with E-state index in [1.807, 2.05) is 32.2 Å². The van der Waals surface area contributed by atoms with Crippen LogP contribution in [0.4, 0.5) is 11.4 Å². The molecule has 22 heavy (non-hydrogen) atoms. The zero-order valence-electron chi connectivity index (χ0n) is 13.6. The summed E-state index contributed by atoms with van der Waals surface area (Å²) in [5.74, 6) is 0.372. The van der Waals surface area contributed by atoms with Crippen molar-refractivity contribution in [3.8, 4) is 0 Å². The number of hydrogen-bond donors (Lipinski definition) is 2. The van der Waals surface area contributed by atoms with Gasteiger partial charge in [-0.1, -0.05) is 0 Å². The molecule has 1 aromatic rings. The van der Waals surface area contributed by atoms with Gasteiger partial charge in [0.2, 0.25) is 0 Å². The standard InChI is InChI=1S/C17H27N3O2/c1-3-22-17(21)14-6-7-15(19-2)16(11-14)20-10-4-5-13(12-20)8-9-18/h6-7,11,13,19H,3-5,8-10,12,18H2,1-2H3. The molecule has 0 bridgehead atoms. The van der Waals surface area contributed by atoms with Crippen LogP contribution in [0.2, 0.25) is 0 Å². The highest BCUT2D eigenvalue weighted by atomic mass is 16.5. The Morgan fingerprint density at radius 2 is 2.32 bits per heavy atom. The van der Waals surface area contributed by atoms with Crippen LogP contribution in [0.5, 0.6) is 0 Å². The van der Waals surface area contributed by atoms with Gasteiger partial charge in [-0.3, -0.25) is 0 Å². The van der Waals surface area contributed by atoms with Gasteiger partial charge in [0.05, 0.1) is 23.5 Å². The van der Waals surface area contributed by atoms with Crippen LogP contribution in [0.3, 0.4) is 0 Å². The van der Waals surface area contributed by atoms with Gasteiger partial charge in [0.15, 0.2) is 0 Å². The molecule has 1 aliphatic rings. The van der Waals surface area contributed by atoms with E-state index in [-0.39, 0.29) is 5.97 Å². The fraction of sp³-hybridized carbons (Fsp3) is 0.588. The number of nitrogens with zero attached hydrogens (tertiary/aromatic N) is 1. The molecule has 1 aliphatic heterocycles. The molecule has 122 valence electrons. The van der Waals surface area contributed by atoms with Crippen molar-refractivity contribution in [3.63, 3.8) is 0 Å². The predicted octanol–water partition coefficient (Wildman–Crippen LogP) is 2.47. The molecule has 1 saturated heterocycles. The second-order valence-corrected chi connectivity index (χ2v) is 5.73. The third-order valence-corrected chi connectivity index (χ3v) is 4.21. The largest absolute Gasteiger partial charge is 0.462 e. The van der Waals surface area contributed by atoms with Gasteiger partial charge in [-0.2, -0.15) is 0 Å². The molecule has 5 heteroatoms. The molecule has 5 nitrogen and oxygen atoms in total. The van der Waals surface area contributed by atoms with Crippen LogP contribution in [-0.4, -0.2) is 39.3 Å². The number of nitrogens with one attached hydrogen (secondary N) is 1. The van der Waals surface area contributed by atoms with Crippen molar-refractivity contribution in [1.29, 1.82) is 0 Å². The first-order valence-electron chi connectivity index (χ1n) is 8.13. The highest BCUT2D eigenvalue weighted by molar-refractivity contribution is 5.92. The first kappa shape index (κ1) is 16.6. The number of hydrogen-bond acceptors (Lipinski definition) is 5. The van der Waals surface area contributed by atoms with Crippen LogP contribution in [0.25, 0.3) is 0 Å². The van der Waals surface area contributed by atoms with Crippen LogP contribution in [0.15, 0.2) is 18.2 Å². The summed E-state index contributed by atoms with van der Waals surface area (Å²) < 4.78 is 5.11. The van der Waals surface area contributed by atoms with Crippen molar-refractivity contribution in [2.75, 3.05) is 43.5 Å². The van der Waals surface area contributed by atoms with E-state index in [4.69, 9.17) is 10.5 Å². The van der Waals surface area contributed by atoms with Gasteiger partial charge >= 0.3 is 5.97 Å². The number of nitrogens with two attached hydrogens (primary N) is 1. The van der Waals surface area contributed by atoms with Crippen LogP contribution < -0.4 is 16.0 Å². The summed E-state index contributed by atoms with van der Waals surface area (Å²) in [4.78, 5) is 14.3. The SMILES string of the molecule is CCOC(=O)c1ccc(NC)c(N2CCCC(CCN)C2)c1. The summed E-state index contributed by atoms with van der Waals surface area (Å²) in [5.41, 5.74) is 8.43. The average Bonchev–Trinajstić information content (AvgIpc) is 2.55. The van der Waals surface area contributed by atoms with Crippen LogP contribution in [0, 0.1) is 5.92 Å². The molecule has 1 heterocycles. The number of carbonyl (C=O) groups excluding carboxylic acids is 1. The molecule has 2 rings (SSSR count). The second-order valence-electron chi connectivity index (χ2n) is 5.73. The van der Waals surface area contributed by atoms with Crippen LogP contribution in [-0.2, 0) is 4.74 Å². The lowest BCUT2D eigenvalue weighted by molar-refractivity contribution is 0.0526. The maximum absolute atomic E-state index is 12.0. The molecule has 1 aromatic carbocycles. The van der Waals surface area contributed by atoms with Gasteiger partial charge in [-0.15, -0.1) is 0 Å². The molecular weight excluding hydrogens is 278 g/mol. The summed E-state index contributed by atoms with van der Waals surface area (Å²) in [7, 11) is 1.91. The van der Waals surface area contributed by atoms with Gasteiger partial charge in [-0.25, -0.2) is 4.79 Å². The Hall–Kier alpha value is -1.75. The molecule has 0 aliphatic carbocycles.